The normalized spacial score (nSPS) is 11.9. The van der Waals surface area contributed by atoms with Crippen LogP contribution in [0.3, 0.4) is 0 Å². The van der Waals surface area contributed by atoms with Gasteiger partial charge in [0.1, 0.15) is 11.3 Å². The molecule has 0 amide bonds. The SMILES string of the molecule is O=C(CCn1nnc2ccccc2c1=O)OC(c1cccc(F)c1)c1ccccn1. The van der Waals surface area contributed by atoms with Crippen molar-refractivity contribution in [2.75, 3.05) is 0 Å². The van der Waals surface area contributed by atoms with Gasteiger partial charge in [-0.25, -0.2) is 9.07 Å². The maximum Gasteiger partial charge on any atom is 0.308 e. The molecule has 4 aromatic rings. The molecule has 8 heteroatoms. The lowest BCUT2D eigenvalue weighted by Gasteiger charge is -2.18. The molecule has 0 spiro atoms. The number of hydrogen-bond donors (Lipinski definition) is 0. The Hall–Kier alpha value is -3.94. The van der Waals surface area contributed by atoms with Crippen LogP contribution in [0.2, 0.25) is 0 Å². The van der Waals surface area contributed by atoms with Crippen LogP contribution in [0.5, 0.6) is 0 Å². The van der Waals surface area contributed by atoms with E-state index in [4.69, 9.17) is 4.74 Å². The summed E-state index contributed by atoms with van der Waals surface area (Å²) >= 11 is 0. The van der Waals surface area contributed by atoms with Crippen LogP contribution in [0.15, 0.2) is 77.7 Å². The van der Waals surface area contributed by atoms with Crippen molar-refractivity contribution in [3.63, 3.8) is 0 Å². The van der Waals surface area contributed by atoms with Gasteiger partial charge < -0.3 is 4.74 Å². The fraction of sp³-hybridized carbons (Fsp3) is 0.136. The zero-order valence-corrected chi connectivity index (χ0v) is 15.8. The van der Waals surface area contributed by atoms with E-state index in [1.54, 1.807) is 60.8 Å². The number of fused-ring (bicyclic) bond motifs is 1. The monoisotopic (exact) mass is 404 g/mol. The van der Waals surface area contributed by atoms with Gasteiger partial charge in [-0.2, -0.15) is 0 Å². The Bertz CT molecular complexity index is 1240. The fourth-order valence-corrected chi connectivity index (χ4v) is 3.06. The van der Waals surface area contributed by atoms with Gasteiger partial charge in [0.25, 0.3) is 5.56 Å². The number of halogens is 1. The minimum Gasteiger partial charge on any atom is -0.451 e. The number of ether oxygens (including phenoxy) is 1. The van der Waals surface area contributed by atoms with Gasteiger partial charge in [0.05, 0.1) is 24.0 Å². The summed E-state index contributed by atoms with van der Waals surface area (Å²) in [6, 6.07) is 17.8. The highest BCUT2D eigenvalue weighted by Gasteiger charge is 2.21. The van der Waals surface area contributed by atoms with Crippen molar-refractivity contribution < 1.29 is 13.9 Å². The second-order valence-corrected chi connectivity index (χ2v) is 6.56. The molecule has 0 aliphatic heterocycles. The van der Waals surface area contributed by atoms with Crippen molar-refractivity contribution in [2.24, 2.45) is 0 Å². The molecule has 2 aromatic carbocycles. The quantitative estimate of drug-likeness (QED) is 0.459. The molecule has 0 radical (unpaired) electrons. The molecule has 1 unspecified atom stereocenters. The second-order valence-electron chi connectivity index (χ2n) is 6.56. The Balaban J connectivity index is 1.52. The van der Waals surface area contributed by atoms with E-state index in [0.29, 0.717) is 22.2 Å². The summed E-state index contributed by atoms with van der Waals surface area (Å²) < 4.78 is 20.4. The van der Waals surface area contributed by atoms with Gasteiger partial charge in [0, 0.05) is 11.8 Å². The highest BCUT2D eigenvalue weighted by Crippen LogP contribution is 2.25. The van der Waals surface area contributed by atoms with Gasteiger partial charge in [-0.05, 0) is 36.4 Å². The summed E-state index contributed by atoms with van der Waals surface area (Å²) in [6.45, 7) is 0.00753. The smallest absolute Gasteiger partial charge is 0.308 e. The standard InChI is InChI=1S/C22H17FN4O3/c23-16-7-5-6-15(14-16)21(19-10-3-4-12-24-19)30-20(28)11-13-27-22(29)17-8-1-2-9-18(17)25-26-27/h1-10,12,14,21H,11,13H2. The van der Waals surface area contributed by atoms with Gasteiger partial charge >= 0.3 is 5.97 Å². The molecule has 0 N–H and O–H groups in total. The molecule has 0 aliphatic carbocycles. The van der Waals surface area contributed by atoms with Crippen LogP contribution in [-0.2, 0) is 16.1 Å². The van der Waals surface area contributed by atoms with Crippen molar-refractivity contribution in [1.29, 1.82) is 0 Å². The molecule has 30 heavy (non-hydrogen) atoms. The Morgan fingerprint density at radius 3 is 2.70 bits per heavy atom. The summed E-state index contributed by atoms with van der Waals surface area (Å²) in [6.07, 6.45) is 0.597. The number of carbonyl (C=O) groups is 1. The van der Waals surface area contributed by atoms with Gasteiger partial charge in [0.2, 0.25) is 0 Å². The highest BCUT2D eigenvalue weighted by atomic mass is 19.1. The summed E-state index contributed by atoms with van der Waals surface area (Å²) in [7, 11) is 0. The molecule has 0 bridgehead atoms. The summed E-state index contributed by atoms with van der Waals surface area (Å²) in [5, 5.41) is 8.29. The molecule has 1 atom stereocenters. The van der Waals surface area contributed by atoms with Crippen LogP contribution in [0.4, 0.5) is 4.39 Å². The van der Waals surface area contributed by atoms with Gasteiger partial charge in [-0.1, -0.05) is 35.5 Å². The molecule has 0 aliphatic rings. The molecule has 7 nitrogen and oxygen atoms in total. The van der Waals surface area contributed by atoms with Gasteiger partial charge in [-0.15, -0.1) is 5.10 Å². The first-order chi connectivity index (χ1) is 14.6. The zero-order valence-electron chi connectivity index (χ0n) is 15.8. The van der Waals surface area contributed by atoms with E-state index in [1.165, 1.54) is 12.1 Å². The van der Waals surface area contributed by atoms with Crippen LogP contribution in [-0.4, -0.2) is 25.9 Å². The van der Waals surface area contributed by atoms with Crippen LogP contribution >= 0.6 is 0 Å². The second kappa shape index (κ2) is 8.60. The Morgan fingerprint density at radius 1 is 1.07 bits per heavy atom. The Labute approximate surface area is 170 Å². The molecule has 0 fully saturated rings. The largest absolute Gasteiger partial charge is 0.451 e. The lowest BCUT2D eigenvalue weighted by molar-refractivity contribution is -0.148. The van der Waals surface area contributed by atoms with Gasteiger partial charge in [-0.3, -0.25) is 14.6 Å². The first kappa shape index (κ1) is 19.4. The lowest BCUT2D eigenvalue weighted by atomic mass is 10.1. The molecule has 2 heterocycles. The number of benzene rings is 2. The highest BCUT2D eigenvalue weighted by molar-refractivity contribution is 5.76. The summed E-state index contributed by atoms with van der Waals surface area (Å²) in [5.74, 6) is -1.01. The van der Waals surface area contributed by atoms with E-state index in [0.717, 1.165) is 4.68 Å². The summed E-state index contributed by atoms with van der Waals surface area (Å²) in [4.78, 5) is 29.3. The Kier molecular flexibility index (Phi) is 5.56. The third-order valence-corrected chi connectivity index (χ3v) is 4.51. The molecule has 4 rings (SSSR count). The maximum atomic E-state index is 13.7. The predicted octanol–water partition coefficient (Wildman–Crippen LogP) is 3.05. The number of pyridine rings is 1. The topological polar surface area (TPSA) is 87.0 Å². The number of nitrogens with zero attached hydrogens (tertiary/aromatic N) is 4. The van der Waals surface area contributed by atoms with Crippen molar-refractivity contribution in [3.05, 3.63) is 100 Å². The molecule has 0 saturated heterocycles. The molecule has 2 aromatic heterocycles. The average molecular weight is 404 g/mol. The van der Waals surface area contributed by atoms with Crippen LogP contribution in [0, 0.1) is 5.82 Å². The van der Waals surface area contributed by atoms with E-state index in [-0.39, 0.29) is 18.5 Å². The minimum atomic E-state index is -0.867. The molecular weight excluding hydrogens is 387 g/mol. The van der Waals surface area contributed by atoms with E-state index in [9.17, 15) is 14.0 Å². The number of rotatable bonds is 6. The zero-order chi connectivity index (χ0) is 20.9. The maximum absolute atomic E-state index is 13.7. The Morgan fingerprint density at radius 2 is 1.90 bits per heavy atom. The third-order valence-electron chi connectivity index (χ3n) is 4.51. The van der Waals surface area contributed by atoms with Crippen LogP contribution < -0.4 is 5.56 Å². The number of esters is 1. The molecule has 0 saturated carbocycles. The van der Waals surface area contributed by atoms with E-state index < -0.39 is 17.9 Å². The van der Waals surface area contributed by atoms with Crippen molar-refractivity contribution in [2.45, 2.75) is 19.1 Å². The van der Waals surface area contributed by atoms with Crippen molar-refractivity contribution in [3.8, 4) is 0 Å². The van der Waals surface area contributed by atoms with Crippen LogP contribution in [0.25, 0.3) is 10.9 Å². The van der Waals surface area contributed by atoms with Crippen LogP contribution in [0.1, 0.15) is 23.8 Å². The number of hydrogen-bond acceptors (Lipinski definition) is 6. The minimum absolute atomic E-state index is 0.00753. The first-order valence-corrected chi connectivity index (χ1v) is 9.30. The number of aryl methyl sites for hydroxylation is 1. The first-order valence-electron chi connectivity index (χ1n) is 9.30. The number of carbonyl (C=O) groups excluding carboxylic acids is 1. The van der Waals surface area contributed by atoms with E-state index in [2.05, 4.69) is 15.3 Å². The van der Waals surface area contributed by atoms with E-state index in [1.807, 2.05) is 0 Å². The average Bonchev–Trinajstić information content (AvgIpc) is 2.78. The van der Waals surface area contributed by atoms with Gasteiger partial charge in [0.15, 0.2) is 6.10 Å². The lowest BCUT2D eigenvalue weighted by Crippen LogP contribution is -2.26. The van der Waals surface area contributed by atoms with E-state index >= 15 is 0 Å². The molecule has 150 valence electrons. The third kappa shape index (κ3) is 4.22. The molecular formula is C22H17FN4O3. The predicted molar refractivity (Wildman–Crippen MR) is 107 cm³/mol. The van der Waals surface area contributed by atoms with Crippen molar-refractivity contribution >= 4 is 16.9 Å². The summed E-state index contributed by atoms with van der Waals surface area (Å²) in [5.41, 5.74) is 1.09. The fourth-order valence-electron chi connectivity index (χ4n) is 3.06. The van der Waals surface area contributed by atoms with Crippen molar-refractivity contribution in [1.82, 2.24) is 20.0 Å². The number of aromatic nitrogens is 4.